The van der Waals surface area contributed by atoms with Gasteiger partial charge in [-0.2, -0.15) is 0 Å². The summed E-state index contributed by atoms with van der Waals surface area (Å²) in [7, 11) is 4.02. The third-order valence-corrected chi connectivity index (χ3v) is 1.13. The van der Waals surface area contributed by atoms with Gasteiger partial charge >= 0.3 is 0 Å². The van der Waals surface area contributed by atoms with Crippen LogP contribution < -0.4 is 0 Å². The molecule has 0 saturated heterocycles. The summed E-state index contributed by atoms with van der Waals surface area (Å²) in [4.78, 5) is 2.07. The lowest BCUT2D eigenvalue weighted by molar-refractivity contribution is 0.103. The molecule has 0 bridgehead atoms. The van der Waals surface area contributed by atoms with Gasteiger partial charge < -0.3 is 14.7 Å². The molecule has 62 valence electrons. The Bertz CT molecular complexity index is 66.6. The quantitative estimate of drug-likeness (QED) is 0.534. The number of hydrogen-bond donors (Lipinski definition) is 1. The van der Waals surface area contributed by atoms with Crippen molar-refractivity contribution in [1.82, 2.24) is 4.90 Å². The number of hydrogen-bond acceptors (Lipinski definition) is 3. The van der Waals surface area contributed by atoms with Crippen LogP contribution in [0.25, 0.3) is 0 Å². The van der Waals surface area contributed by atoms with Gasteiger partial charge in [-0.25, -0.2) is 0 Å². The third-order valence-electron chi connectivity index (χ3n) is 1.13. The normalized spacial score (nSPS) is 10.8. The first-order chi connectivity index (χ1) is 4.77. The van der Waals surface area contributed by atoms with E-state index in [1.807, 2.05) is 14.1 Å². The van der Waals surface area contributed by atoms with Crippen molar-refractivity contribution in [3.8, 4) is 0 Å². The van der Waals surface area contributed by atoms with Gasteiger partial charge in [-0.05, 0) is 20.5 Å². The minimum atomic E-state index is 0.224. The van der Waals surface area contributed by atoms with Crippen LogP contribution in [0.15, 0.2) is 0 Å². The maximum atomic E-state index is 8.38. The lowest BCUT2D eigenvalue weighted by Gasteiger charge is -2.08. The molecule has 0 amide bonds. The molecule has 1 N–H and O–H groups in total. The van der Waals surface area contributed by atoms with Crippen molar-refractivity contribution in [3.05, 3.63) is 0 Å². The van der Waals surface area contributed by atoms with Crippen molar-refractivity contribution < 1.29 is 9.84 Å². The Morgan fingerprint density at radius 1 is 1.30 bits per heavy atom. The van der Waals surface area contributed by atoms with Gasteiger partial charge in [0.1, 0.15) is 0 Å². The number of aliphatic hydroxyl groups is 1. The van der Waals surface area contributed by atoms with Crippen molar-refractivity contribution in [2.75, 3.05) is 40.5 Å². The van der Waals surface area contributed by atoms with Crippen molar-refractivity contribution in [2.45, 2.75) is 6.42 Å². The molecule has 3 heteroatoms. The van der Waals surface area contributed by atoms with Crippen LogP contribution in [0.4, 0.5) is 0 Å². The summed E-state index contributed by atoms with van der Waals surface area (Å²) in [5.74, 6) is 0. The third kappa shape index (κ3) is 7.88. The fourth-order valence-electron chi connectivity index (χ4n) is 0.516. The Labute approximate surface area is 62.6 Å². The van der Waals surface area contributed by atoms with Gasteiger partial charge in [-0.15, -0.1) is 0 Å². The molecule has 0 radical (unpaired) electrons. The molecule has 0 atom stereocenters. The molecule has 0 rings (SSSR count). The smallest absolute Gasteiger partial charge is 0.0593 e. The Hall–Kier alpha value is -0.120. The van der Waals surface area contributed by atoms with Crippen molar-refractivity contribution in [3.63, 3.8) is 0 Å². The van der Waals surface area contributed by atoms with E-state index in [4.69, 9.17) is 9.84 Å². The molecule has 10 heavy (non-hydrogen) atoms. The van der Waals surface area contributed by atoms with Gasteiger partial charge in [0.15, 0.2) is 0 Å². The summed E-state index contributed by atoms with van der Waals surface area (Å²) < 4.78 is 5.18. The van der Waals surface area contributed by atoms with E-state index < -0.39 is 0 Å². The fraction of sp³-hybridized carbons (Fsp3) is 1.00. The topological polar surface area (TPSA) is 32.7 Å². The van der Waals surface area contributed by atoms with Crippen molar-refractivity contribution in [2.24, 2.45) is 0 Å². The van der Waals surface area contributed by atoms with E-state index in [-0.39, 0.29) is 6.61 Å². The highest BCUT2D eigenvalue weighted by Crippen LogP contribution is 1.81. The van der Waals surface area contributed by atoms with Gasteiger partial charge in [0.2, 0.25) is 0 Å². The SMILES string of the molecule is CN(C)CCOCCCO. The molecule has 0 aromatic carbocycles. The number of ether oxygens (including phenoxy) is 1. The zero-order chi connectivity index (χ0) is 7.82. The molecule has 0 saturated carbocycles. The largest absolute Gasteiger partial charge is 0.396 e. The van der Waals surface area contributed by atoms with Gasteiger partial charge in [0.25, 0.3) is 0 Å². The van der Waals surface area contributed by atoms with E-state index >= 15 is 0 Å². The molecule has 0 aromatic rings. The first kappa shape index (κ1) is 9.88. The number of aliphatic hydroxyl groups excluding tert-OH is 1. The summed E-state index contributed by atoms with van der Waals surface area (Å²) in [5.41, 5.74) is 0. The van der Waals surface area contributed by atoms with Gasteiger partial charge in [-0.3, -0.25) is 0 Å². The minimum Gasteiger partial charge on any atom is -0.396 e. The average molecular weight is 147 g/mol. The molecule has 3 nitrogen and oxygen atoms in total. The number of likely N-dealkylation sites (N-methyl/N-ethyl adjacent to an activating group) is 1. The fourth-order valence-corrected chi connectivity index (χ4v) is 0.516. The summed E-state index contributed by atoms with van der Waals surface area (Å²) in [6.07, 6.45) is 0.743. The highest BCUT2D eigenvalue weighted by molar-refractivity contribution is 4.39. The minimum absolute atomic E-state index is 0.224. The monoisotopic (exact) mass is 147 g/mol. The Morgan fingerprint density at radius 2 is 2.00 bits per heavy atom. The molecule has 0 aromatic heterocycles. The molecule has 0 fully saturated rings. The average Bonchev–Trinajstić information content (AvgIpc) is 1.87. The molecular weight excluding hydrogens is 130 g/mol. The van der Waals surface area contributed by atoms with Gasteiger partial charge in [-0.1, -0.05) is 0 Å². The Balaban J connectivity index is 2.77. The van der Waals surface area contributed by atoms with E-state index in [1.165, 1.54) is 0 Å². The predicted molar refractivity (Wildman–Crippen MR) is 41.1 cm³/mol. The van der Waals surface area contributed by atoms with Crippen LogP contribution in [0.3, 0.4) is 0 Å². The van der Waals surface area contributed by atoms with Crippen LogP contribution in [0.1, 0.15) is 6.42 Å². The van der Waals surface area contributed by atoms with Crippen LogP contribution in [-0.4, -0.2) is 50.5 Å². The Kier molecular flexibility index (Phi) is 6.91. The van der Waals surface area contributed by atoms with Gasteiger partial charge in [0, 0.05) is 19.8 Å². The second kappa shape index (κ2) is 6.99. The van der Waals surface area contributed by atoms with Crippen molar-refractivity contribution in [1.29, 1.82) is 0 Å². The predicted octanol–water partition coefficient (Wildman–Crippen LogP) is -0.0530. The standard InChI is InChI=1S/C7H17NO2/c1-8(2)4-7-10-6-3-5-9/h9H,3-7H2,1-2H3. The number of nitrogens with zero attached hydrogens (tertiary/aromatic N) is 1. The van der Waals surface area contributed by atoms with Crippen LogP contribution in [0, 0.1) is 0 Å². The lowest BCUT2D eigenvalue weighted by Crippen LogP contribution is -2.18. The zero-order valence-electron chi connectivity index (χ0n) is 6.84. The van der Waals surface area contributed by atoms with E-state index in [2.05, 4.69) is 4.90 Å². The second-order valence-electron chi connectivity index (χ2n) is 2.49. The number of rotatable bonds is 6. The van der Waals surface area contributed by atoms with Crippen LogP contribution in [0.2, 0.25) is 0 Å². The molecular formula is C7H17NO2. The molecule has 0 aliphatic heterocycles. The highest BCUT2D eigenvalue weighted by Gasteiger charge is 1.89. The lowest BCUT2D eigenvalue weighted by atomic mass is 10.5. The van der Waals surface area contributed by atoms with E-state index in [1.54, 1.807) is 0 Å². The van der Waals surface area contributed by atoms with Gasteiger partial charge in [0.05, 0.1) is 6.61 Å². The second-order valence-corrected chi connectivity index (χ2v) is 2.49. The molecule has 0 aliphatic carbocycles. The molecule has 0 heterocycles. The maximum Gasteiger partial charge on any atom is 0.0593 e. The summed E-state index contributed by atoms with van der Waals surface area (Å²) in [6, 6.07) is 0. The Morgan fingerprint density at radius 3 is 2.50 bits per heavy atom. The van der Waals surface area contributed by atoms with Crippen LogP contribution in [0.5, 0.6) is 0 Å². The van der Waals surface area contributed by atoms with Crippen molar-refractivity contribution >= 4 is 0 Å². The first-order valence-electron chi connectivity index (χ1n) is 3.60. The molecule has 0 aliphatic rings. The first-order valence-corrected chi connectivity index (χ1v) is 3.60. The van der Waals surface area contributed by atoms with Crippen LogP contribution in [-0.2, 0) is 4.74 Å². The molecule has 0 spiro atoms. The zero-order valence-corrected chi connectivity index (χ0v) is 6.84. The van der Waals surface area contributed by atoms with E-state index in [0.29, 0.717) is 6.61 Å². The summed E-state index contributed by atoms with van der Waals surface area (Å²) in [5, 5.41) is 8.38. The van der Waals surface area contributed by atoms with E-state index in [9.17, 15) is 0 Å². The highest BCUT2D eigenvalue weighted by atomic mass is 16.5. The maximum absolute atomic E-state index is 8.38. The van der Waals surface area contributed by atoms with E-state index in [0.717, 1.165) is 19.6 Å². The summed E-state index contributed by atoms with van der Waals surface area (Å²) in [6.45, 7) is 2.60. The molecule has 0 unspecified atom stereocenters. The summed E-state index contributed by atoms with van der Waals surface area (Å²) >= 11 is 0. The van der Waals surface area contributed by atoms with Crippen LogP contribution >= 0.6 is 0 Å².